The molecule has 244 valence electrons. The minimum absolute atomic E-state index is 0.129. The number of carbonyl (C=O) groups is 1. The molecule has 6 aromatic rings. The van der Waals surface area contributed by atoms with Crippen molar-refractivity contribution >= 4 is 34.0 Å². The quantitative estimate of drug-likeness (QED) is 0.211. The third kappa shape index (κ3) is 6.63. The van der Waals surface area contributed by atoms with Crippen molar-refractivity contribution in [2.45, 2.75) is 39.5 Å². The molecular formula is C37H37N7O4. The number of carbonyl (C=O) groups excluding carboxylic acids is 1. The van der Waals surface area contributed by atoms with Crippen molar-refractivity contribution in [3.05, 3.63) is 119 Å². The van der Waals surface area contributed by atoms with E-state index in [-0.39, 0.29) is 12.1 Å². The van der Waals surface area contributed by atoms with Crippen molar-refractivity contribution in [1.29, 1.82) is 0 Å². The Balaban J connectivity index is 1.16. The molecule has 0 radical (unpaired) electrons. The number of pyridine rings is 4. The number of fused-ring (bicyclic) bond motifs is 2. The summed E-state index contributed by atoms with van der Waals surface area (Å²) in [7, 11) is 0. The lowest BCUT2D eigenvalue weighted by Crippen LogP contribution is -2.38. The van der Waals surface area contributed by atoms with Crippen LogP contribution in [-0.4, -0.2) is 61.9 Å². The van der Waals surface area contributed by atoms with Gasteiger partial charge in [0.15, 0.2) is 0 Å². The molecule has 1 aliphatic heterocycles. The molecule has 0 atom stereocenters. The standard InChI is InChI=1S/C37H37N7O4/c1-37(2,3)48-36(46)44(34-19-29(11-13-39-34)41-15-17-47-18-16-41)23-26-9-10-33-40-28(25-43(33)22-26)24-42-14-12-30-31(27-7-5-4-6-8-27)20-38-21-32(30)35(42)45/h4-14,19-22,25H,15-18,23-24H2,1-3H3. The number of benzene rings is 1. The molecule has 0 saturated carbocycles. The third-order valence-corrected chi connectivity index (χ3v) is 8.22. The molecular weight excluding hydrogens is 606 g/mol. The van der Waals surface area contributed by atoms with Gasteiger partial charge in [0.05, 0.1) is 37.4 Å². The Hall–Kier alpha value is -5.55. The van der Waals surface area contributed by atoms with Crippen LogP contribution in [0.15, 0.2) is 103 Å². The van der Waals surface area contributed by atoms with Gasteiger partial charge in [-0.3, -0.25) is 14.7 Å². The Morgan fingerprint density at radius 1 is 0.979 bits per heavy atom. The summed E-state index contributed by atoms with van der Waals surface area (Å²) in [5.41, 5.74) is 4.41. The molecule has 11 nitrogen and oxygen atoms in total. The predicted octanol–water partition coefficient (Wildman–Crippen LogP) is 5.93. The number of anilines is 2. The first kappa shape index (κ1) is 31.1. The second-order valence-electron chi connectivity index (χ2n) is 12.8. The summed E-state index contributed by atoms with van der Waals surface area (Å²) in [6.07, 6.45) is 10.3. The summed E-state index contributed by atoms with van der Waals surface area (Å²) in [6, 6.07) is 19.6. The van der Waals surface area contributed by atoms with Crippen molar-refractivity contribution in [3.63, 3.8) is 0 Å². The highest BCUT2D eigenvalue weighted by Gasteiger charge is 2.26. The SMILES string of the molecule is CC(C)(C)OC(=O)N(Cc1ccc2nc(Cn3ccc4c(-c5ccccc5)cncc4c3=O)cn2c1)c1cc(N2CCOCC2)ccn1. The number of hydrogen-bond donors (Lipinski definition) is 0. The van der Waals surface area contributed by atoms with Gasteiger partial charge in [-0.15, -0.1) is 0 Å². The van der Waals surface area contributed by atoms with Gasteiger partial charge in [-0.25, -0.2) is 14.8 Å². The van der Waals surface area contributed by atoms with Gasteiger partial charge in [-0.1, -0.05) is 36.4 Å². The van der Waals surface area contributed by atoms with E-state index >= 15 is 0 Å². The van der Waals surface area contributed by atoms with Crippen LogP contribution in [0.25, 0.3) is 27.5 Å². The first-order chi connectivity index (χ1) is 23.2. The van der Waals surface area contributed by atoms with Gasteiger partial charge >= 0.3 is 6.09 Å². The topological polar surface area (TPSA) is 107 Å². The van der Waals surface area contributed by atoms with Gasteiger partial charge in [-0.2, -0.15) is 0 Å². The Kier molecular flexibility index (Phi) is 8.36. The minimum atomic E-state index is -0.680. The molecule has 0 aliphatic carbocycles. The molecule has 0 N–H and O–H groups in total. The molecule has 5 aromatic heterocycles. The maximum absolute atomic E-state index is 13.6. The van der Waals surface area contributed by atoms with E-state index in [1.54, 1.807) is 28.1 Å². The average Bonchev–Trinajstić information content (AvgIpc) is 3.50. The number of imidazole rings is 1. The van der Waals surface area contributed by atoms with E-state index in [2.05, 4.69) is 14.9 Å². The Morgan fingerprint density at radius 3 is 2.58 bits per heavy atom. The monoisotopic (exact) mass is 643 g/mol. The van der Waals surface area contributed by atoms with Gasteiger partial charge < -0.3 is 23.3 Å². The van der Waals surface area contributed by atoms with Gasteiger partial charge in [0.1, 0.15) is 17.1 Å². The number of amides is 1. The van der Waals surface area contributed by atoms with E-state index in [1.807, 2.05) is 104 Å². The first-order valence-electron chi connectivity index (χ1n) is 16.0. The summed E-state index contributed by atoms with van der Waals surface area (Å²) in [5, 5.41) is 1.41. The van der Waals surface area contributed by atoms with E-state index in [0.717, 1.165) is 52.2 Å². The highest BCUT2D eigenvalue weighted by molar-refractivity contribution is 5.95. The molecule has 1 aliphatic rings. The van der Waals surface area contributed by atoms with Crippen molar-refractivity contribution in [1.82, 2.24) is 23.9 Å². The van der Waals surface area contributed by atoms with Gasteiger partial charge in [-0.05, 0) is 55.5 Å². The number of aromatic nitrogens is 5. The third-order valence-electron chi connectivity index (χ3n) is 8.22. The maximum atomic E-state index is 13.6. The fourth-order valence-corrected chi connectivity index (χ4v) is 5.93. The van der Waals surface area contributed by atoms with Crippen molar-refractivity contribution in [2.24, 2.45) is 0 Å². The summed E-state index contributed by atoms with van der Waals surface area (Å²) < 4.78 is 14.9. The summed E-state index contributed by atoms with van der Waals surface area (Å²) in [4.78, 5) is 44.6. The average molecular weight is 644 g/mol. The normalized spacial score (nSPS) is 13.6. The minimum Gasteiger partial charge on any atom is -0.443 e. The van der Waals surface area contributed by atoms with Crippen LogP contribution in [0.4, 0.5) is 16.3 Å². The van der Waals surface area contributed by atoms with Crippen molar-refractivity contribution in [3.8, 4) is 11.1 Å². The van der Waals surface area contributed by atoms with E-state index < -0.39 is 11.7 Å². The molecule has 0 spiro atoms. The summed E-state index contributed by atoms with van der Waals surface area (Å²) in [6.45, 7) is 8.92. The second kappa shape index (κ2) is 12.9. The molecule has 1 amide bonds. The van der Waals surface area contributed by atoms with Crippen LogP contribution in [0.5, 0.6) is 0 Å². The summed E-state index contributed by atoms with van der Waals surface area (Å²) >= 11 is 0. The molecule has 1 saturated heterocycles. The number of rotatable bonds is 7. The number of morpholine rings is 1. The fourth-order valence-electron chi connectivity index (χ4n) is 5.93. The Labute approximate surface area is 278 Å². The number of hydrogen-bond acceptors (Lipinski definition) is 8. The smallest absolute Gasteiger partial charge is 0.416 e. The van der Waals surface area contributed by atoms with Crippen molar-refractivity contribution in [2.75, 3.05) is 36.1 Å². The molecule has 0 unspecified atom stereocenters. The molecule has 1 fully saturated rings. The highest BCUT2D eigenvalue weighted by Crippen LogP contribution is 2.27. The van der Waals surface area contributed by atoms with E-state index in [4.69, 9.17) is 14.5 Å². The molecule has 0 bridgehead atoms. The molecule has 7 rings (SSSR count). The molecule has 11 heteroatoms. The second-order valence-corrected chi connectivity index (χ2v) is 12.8. The molecule has 48 heavy (non-hydrogen) atoms. The van der Waals surface area contributed by atoms with Gasteiger partial charge in [0.2, 0.25) is 0 Å². The van der Waals surface area contributed by atoms with E-state index in [9.17, 15) is 9.59 Å². The van der Waals surface area contributed by atoms with Crippen LogP contribution < -0.4 is 15.4 Å². The van der Waals surface area contributed by atoms with Crippen molar-refractivity contribution < 1.29 is 14.3 Å². The number of nitrogens with zero attached hydrogens (tertiary/aromatic N) is 7. The lowest BCUT2D eigenvalue weighted by molar-refractivity contribution is 0.0576. The van der Waals surface area contributed by atoms with Gasteiger partial charge in [0.25, 0.3) is 5.56 Å². The van der Waals surface area contributed by atoms with Crippen LogP contribution in [0.1, 0.15) is 32.0 Å². The van der Waals surface area contributed by atoms with Gasteiger partial charge in [0, 0.05) is 67.6 Å². The van der Waals surface area contributed by atoms with Crippen LogP contribution in [0, 0.1) is 0 Å². The van der Waals surface area contributed by atoms with Crippen LogP contribution >= 0.6 is 0 Å². The Bertz CT molecular complexity index is 2150. The maximum Gasteiger partial charge on any atom is 0.416 e. The van der Waals surface area contributed by atoms with Crippen LogP contribution in [0.2, 0.25) is 0 Å². The zero-order valence-corrected chi connectivity index (χ0v) is 27.2. The zero-order valence-electron chi connectivity index (χ0n) is 27.2. The highest BCUT2D eigenvalue weighted by atomic mass is 16.6. The summed E-state index contributed by atoms with van der Waals surface area (Å²) in [5.74, 6) is 0.500. The molecule has 1 aromatic carbocycles. The predicted molar refractivity (Wildman–Crippen MR) is 185 cm³/mol. The Morgan fingerprint density at radius 2 is 1.79 bits per heavy atom. The zero-order chi connectivity index (χ0) is 33.3. The molecule has 6 heterocycles. The van der Waals surface area contributed by atoms with Crippen LogP contribution in [-0.2, 0) is 22.6 Å². The van der Waals surface area contributed by atoms with Crippen LogP contribution in [0.3, 0.4) is 0 Å². The first-order valence-corrected chi connectivity index (χ1v) is 16.0. The lowest BCUT2D eigenvalue weighted by Gasteiger charge is -2.30. The fraction of sp³-hybridized carbons (Fsp3) is 0.270. The largest absolute Gasteiger partial charge is 0.443 e. The van der Waals surface area contributed by atoms with E-state index in [0.29, 0.717) is 31.0 Å². The van der Waals surface area contributed by atoms with E-state index in [1.165, 1.54) is 0 Å². The number of ether oxygens (including phenoxy) is 2. The lowest BCUT2D eigenvalue weighted by atomic mass is 10.0.